The quantitative estimate of drug-likeness (QED) is 0.267. The van der Waals surface area contributed by atoms with Gasteiger partial charge >= 0.3 is 0 Å². The maximum absolute atomic E-state index is 12.9. The predicted molar refractivity (Wildman–Crippen MR) is 140 cm³/mol. The summed E-state index contributed by atoms with van der Waals surface area (Å²) in [6.45, 7) is 0. The lowest BCUT2D eigenvalue weighted by atomic mass is 9.91. The second kappa shape index (κ2) is 9.31. The molecule has 0 bridgehead atoms. The molecule has 0 saturated carbocycles. The number of anilines is 2. The summed E-state index contributed by atoms with van der Waals surface area (Å²) >= 11 is 2.26. The third-order valence-electron chi connectivity index (χ3n) is 5.81. The highest BCUT2D eigenvalue weighted by Gasteiger charge is 2.22. The van der Waals surface area contributed by atoms with Crippen LogP contribution in [0.3, 0.4) is 0 Å². The highest BCUT2D eigenvalue weighted by atomic mass is 127. The molecule has 1 amide bonds. The first kappa shape index (κ1) is 21.6. The van der Waals surface area contributed by atoms with Crippen molar-refractivity contribution in [1.29, 1.82) is 0 Å². The van der Waals surface area contributed by atoms with Crippen molar-refractivity contribution in [3.05, 3.63) is 104 Å². The molecule has 3 aromatic carbocycles. The Labute approximate surface area is 206 Å². The fraction of sp³-hybridized carbons (Fsp3) is 0.148. The van der Waals surface area contributed by atoms with Crippen molar-refractivity contribution in [2.75, 3.05) is 11.1 Å². The van der Waals surface area contributed by atoms with Crippen LogP contribution in [0.15, 0.2) is 72.8 Å². The fourth-order valence-electron chi connectivity index (χ4n) is 4.18. The Hall–Kier alpha value is -3.26. The molecule has 0 atom stereocenters. The summed E-state index contributed by atoms with van der Waals surface area (Å²) in [7, 11) is 0. The summed E-state index contributed by atoms with van der Waals surface area (Å²) in [6, 6.07) is 24.1. The molecule has 0 unspecified atom stereocenters. The molecular formula is C27H23IN4O. The number of nitrogens with two attached hydrogens (primary N) is 1. The van der Waals surface area contributed by atoms with E-state index >= 15 is 0 Å². The molecule has 0 saturated heterocycles. The van der Waals surface area contributed by atoms with E-state index in [0.29, 0.717) is 18.7 Å². The molecule has 0 radical (unpaired) electrons. The van der Waals surface area contributed by atoms with Gasteiger partial charge < -0.3 is 11.1 Å². The minimum atomic E-state index is -0.0937. The molecule has 0 fully saturated rings. The molecule has 3 N–H and O–H groups in total. The monoisotopic (exact) mass is 546 g/mol. The molecule has 4 aromatic rings. The van der Waals surface area contributed by atoms with Crippen LogP contribution in [0.25, 0.3) is 11.3 Å². The summed E-state index contributed by atoms with van der Waals surface area (Å²) in [5.74, 6) is 0.454. The van der Waals surface area contributed by atoms with Gasteiger partial charge in [-0.05, 0) is 76.4 Å². The van der Waals surface area contributed by atoms with Crippen molar-refractivity contribution < 1.29 is 4.79 Å². The van der Waals surface area contributed by atoms with E-state index in [2.05, 4.69) is 40.0 Å². The zero-order valence-electron chi connectivity index (χ0n) is 18.0. The van der Waals surface area contributed by atoms with Gasteiger partial charge in [0.05, 0.1) is 23.5 Å². The molecule has 5 rings (SSSR count). The van der Waals surface area contributed by atoms with Gasteiger partial charge in [-0.15, -0.1) is 0 Å². The van der Waals surface area contributed by atoms with E-state index in [1.165, 1.54) is 5.56 Å². The lowest BCUT2D eigenvalue weighted by molar-refractivity contribution is -0.115. The highest BCUT2D eigenvalue weighted by molar-refractivity contribution is 14.1. The number of nitrogen functional groups attached to an aromatic ring is 1. The van der Waals surface area contributed by atoms with Crippen LogP contribution in [0.5, 0.6) is 0 Å². The number of halogens is 1. The fourth-order valence-corrected chi connectivity index (χ4v) is 4.54. The smallest absolute Gasteiger partial charge is 0.229 e. The van der Waals surface area contributed by atoms with E-state index in [1.807, 2.05) is 60.7 Å². The van der Waals surface area contributed by atoms with Crippen molar-refractivity contribution in [1.82, 2.24) is 9.97 Å². The summed E-state index contributed by atoms with van der Waals surface area (Å²) in [6.07, 6.45) is 2.51. The number of benzene rings is 3. The number of hydrogen-bond acceptors (Lipinski definition) is 4. The van der Waals surface area contributed by atoms with Crippen molar-refractivity contribution in [3.8, 4) is 11.3 Å². The third-order valence-corrected chi connectivity index (χ3v) is 6.53. The standard InChI is InChI=1S/C27H23IN4O/c28-20-9-6-18(7-10-20)15-25(33)32-27-24(14-17-4-2-1-3-5-17)30-26-22-12-11-21(29)16-19(22)8-13-23(26)31-27/h1-7,9-12,16H,8,13-15,29H2,(H,31,32,33). The van der Waals surface area contributed by atoms with E-state index in [-0.39, 0.29) is 5.91 Å². The van der Waals surface area contributed by atoms with Crippen LogP contribution in [-0.2, 0) is 30.5 Å². The van der Waals surface area contributed by atoms with Crippen molar-refractivity contribution in [3.63, 3.8) is 0 Å². The molecular weight excluding hydrogens is 523 g/mol. The van der Waals surface area contributed by atoms with Crippen molar-refractivity contribution in [2.24, 2.45) is 0 Å². The Balaban J connectivity index is 1.50. The topological polar surface area (TPSA) is 80.9 Å². The minimum absolute atomic E-state index is 0.0937. The van der Waals surface area contributed by atoms with Crippen LogP contribution in [-0.4, -0.2) is 15.9 Å². The average Bonchev–Trinajstić information content (AvgIpc) is 2.81. The zero-order valence-corrected chi connectivity index (χ0v) is 20.2. The van der Waals surface area contributed by atoms with E-state index in [0.717, 1.165) is 55.9 Å². The maximum Gasteiger partial charge on any atom is 0.229 e. The summed E-state index contributed by atoms with van der Waals surface area (Å²) < 4.78 is 1.14. The van der Waals surface area contributed by atoms with Gasteiger partial charge in [0.15, 0.2) is 5.82 Å². The summed E-state index contributed by atoms with van der Waals surface area (Å²) in [5, 5.41) is 3.04. The molecule has 6 heteroatoms. The Morgan fingerprint density at radius 1 is 0.939 bits per heavy atom. The summed E-state index contributed by atoms with van der Waals surface area (Å²) in [4.78, 5) is 22.8. The number of nitrogens with zero attached hydrogens (tertiary/aromatic N) is 2. The molecule has 1 heterocycles. The van der Waals surface area contributed by atoms with E-state index in [4.69, 9.17) is 15.7 Å². The average molecular weight is 546 g/mol. The lowest BCUT2D eigenvalue weighted by Gasteiger charge is -2.21. The van der Waals surface area contributed by atoms with Crippen LogP contribution in [0, 0.1) is 3.57 Å². The Bertz CT molecular complexity index is 1320. The molecule has 33 heavy (non-hydrogen) atoms. The second-order valence-corrected chi connectivity index (χ2v) is 9.49. The number of fused-ring (bicyclic) bond motifs is 3. The van der Waals surface area contributed by atoms with Crippen LogP contribution in [0.2, 0.25) is 0 Å². The Kier molecular flexibility index (Phi) is 6.09. The van der Waals surface area contributed by atoms with Crippen molar-refractivity contribution >= 4 is 40.0 Å². The van der Waals surface area contributed by atoms with Gasteiger partial charge in [-0.1, -0.05) is 48.5 Å². The first-order valence-electron chi connectivity index (χ1n) is 10.9. The van der Waals surface area contributed by atoms with Gasteiger partial charge in [-0.25, -0.2) is 9.97 Å². The number of nitrogens with one attached hydrogen (secondary N) is 1. The molecule has 1 aromatic heterocycles. The van der Waals surface area contributed by atoms with Crippen LogP contribution < -0.4 is 11.1 Å². The van der Waals surface area contributed by atoms with Crippen molar-refractivity contribution in [2.45, 2.75) is 25.7 Å². The minimum Gasteiger partial charge on any atom is -0.399 e. The SMILES string of the molecule is Nc1ccc2c(c1)CCc1nc(NC(=O)Cc3ccc(I)cc3)c(Cc3ccccc3)nc1-2. The lowest BCUT2D eigenvalue weighted by Crippen LogP contribution is -2.20. The van der Waals surface area contributed by atoms with Gasteiger partial charge in [0, 0.05) is 21.2 Å². The molecule has 0 spiro atoms. The van der Waals surface area contributed by atoms with Crippen LogP contribution in [0.4, 0.5) is 11.5 Å². The van der Waals surface area contributed by atoms with Gasteiger partial charge in [0.1, 0.15) is 0 Å². The number of carbonyl (C=O) groups excluding carboxylic acids is 1. The van der Waals surface area contributed by atoms with E-state index in [1.54, 1.807) is 0 Å². The molecule has 164 valence electrons. The van der Waals surface area contributed by atoms with Gasteiger partial charge in [0.2, 0.25) is 5.91 Å². The third kappa shape index (κ3) is 4.90. The first-order valence-corrected chi connectivity index (χ1v) is 12.0. The number of amides is 1. The number of aryl methyl sites for hydroxylation is 2. The number of rotatable bonds is 5. The van der Waals surface area contributed by atoms with Crippen LogP contribution in [0.1, 0.15) is 28.1 Å². The van der Waals surface area contributed by atoms with Gasteiger partial charge in [-0.2, -0.15) is 0 Å². The summed E-state index contributed by atoms with van der Waals surface area (Å²) in [5.41, 5.74) is 13.7. The zero-order chi connectivity index (χ0) is 22.8. The highest BCUT2D eigenvalue weighted by Crippen LogP contribution is 2.34. The molecule has 1 aliphatic carbocycles. The Morgan fingerprint density at radius 2 is 1.73 bits per heavy atom. The normalized spacial score (nSPS) is 12.0. The Morgan fingerprint density at radius 3 is 2.52 bits per heavy atom. The van der Waals surface area contributed by atoms with Gasteiger partial charge in [0.25, 0.3) is 0 Å². The molecule has 1 aliphatic rings. The number of hydrogen-bond donors (Lipinski definition) is 2. The second-order valence-electron chi connectivity index (χ2n) is 8.24. The maximum atomic E-state index is 12.9. The molecule has 5 nitrogen and oxygen atoms in total. The molecule has 0 aliphatic heterocycles. The van der Waals surface area contributed by atoms with E-state index in [9.17, 15) is 4.79 Å². The largest absolute Gasteiger partial charge is 0.399 e. The first-order chi connectivity index (χ1) is 16.0. The number of aromatic nitrogens is 2. The number of carbonyl (C=O) groups is 1. The van der Waals surface area contributed by atoms with Crippen LogP contribution >= 0.6 is 22.6 Å². The van der Waals surface area contributed by atoms with E-state index < -0.39 is 0 Å². The van der Waals surface area contributed by atoms with Gasteiger partial charge in [-0.3, -0.25) is 4.79 Å². The predicted octanol–water partition coefficient (Wildman–Crippen LogP) is 5.20.